The van der Waals surface area contributed by atoms with Crippen molar-refractivity contribution in [3.63, 3.8) is 0 Å². The summed E-state index contributed by atoms with van der Waals surface area (Å²) in [4.78, 5) is 19.9. The van der Waals surface area contributed by atoms with Crippen LogP contribution in [0.4, 0.5) is 10.5 Å². The predicted molar refractivity (Wildman–Crippen MR) is 106 cm³/mol. The number of carbonyl (C=O) groups excluding carboxylic acids is 1. The van der Waals surface area contributed by atoms with Crippen molar-refractivity contribution in [1.82, 2.24) is 15.1 Å². The first-order valence-electron chi connectivity index (χ1n) is 10.4. The molecule has 0 saturated carbocycles. The van der Waals surface area contributed by atoms with Crippen molar-refractivity contribution in [1.29, 1.82) is 0 Å². The lowest BCUT2D eigenvalue weighted by Gasteiger charge is -2.35. The number of hydrogen-bond acceptors (Lipinski definition) is 3. The summed E-state index contributed by atoms with van der Waals surface area (Å²) >= 11 is 0. The van der Waals surface area contributed by atoms with Gasteiger partial charge in [-0.15, -0.1) is 0 Å². The highest BCUT2D eigenvalue weighted by Crippen LogP contribution is 2.22. The molecule has 4 rings (SSSR count). The Morgan fingerprint density at radius 3 is 2.38 bits per heavy atom. The number of likely N-dealkylation sites (tertiary alicyclic amines) is 2. The third-order valence-electron chi connectivity index (χ3n) is 6.25. The molecule has 3 aliphatic rings. The van der Waals surface area contributed by atoms with Crippen LogP contribution in [-0.4, -0.2) is 67.2 Å². The monoisotopic (exact) mass is 356 g/mol. The van der Waals surface area contributed by atoms with Crippen LogP contribution in [0.3, 0.4) is 0 Å². The Balaban J connectivity index is 1.25. The Bertz CT molecular complexity index is 579. The third kappa shape index (κ3) is 4.14. The molecule has 5 nitrogen and oxygen atoms in total. The van der Waals surface area contributed by atoms with Crippen LogP contribution in [0.15, 0.2) is 30.3 Å². The number of hydrogen-bond donors (Lipinski definition) is 1. The van der Waals surface area contributed by atoms with Crippen LogP contribution < -0.4 is 10.2 Å². The summed E-state index contributed by atoms with van der Waals surface area (Å²) in [6.45, 7) is 6.46. The molecular weight excluding hydrogens is 324 g/mol. The lowest BCUT2D eigenvalue weighted by atomic mass is 10.0. The van der Waals surface area contributed by atoms with E-state index in [1.54, 1.807) is 0 Å². The van der Waals surface area contributed by atoms with Crippen LogP contribution >= 0.6 is 0 Å². The van der Waals surface area contributed by atoms with Gasteiger partial charge in [0.1, 0.15) is 0 Å². The van der Waals surface area contributed by atoms with E-state index in [9.17, 15) is 4.79 Å². The highest BCUT2D eigenvalue weighted by molar-refractivity contribution is 5.75. The Morgan fingerprint density at radius 1 is 0.923 bits per heavy atom. The summed E-state index contributed by atoms with van der Waals surface area (Å²) in [7, 11) is 0. The number of piperidine rings is 1. The molecule has 0 radical (unpaired) electrons. The first-order valence-corrected chi connectivity index (χ1v) is 10.4. The van der Waals surface area contributed by atoms with Gasteiger partial charge < -0.3 is 20.0 Å². The molecule has 5 heteroatoms. The van der Waals surface area contributed by atoms with E-state index < -0.39 is 0 Å². The first-order chi connectivity index (χ1) is 12.8. The van der Waals surface area contributed by atoms with E-state index in [0.29, 0.717) is 12.1 Å². The highest BCUT2D eigenvalue weighted by Gasteiger charge is 2.32. The van der Waals surface area contributed by atoms with Gasteiger partial charge in [-0.1, -0.05) is 18.2 Å². The third-order valence-corrected chi connectivity index (χ3v) is 6.25. The molecule has 3 saturated heterocycles. The molecule has 3 heterocycles. The number of nitrogens with one attached hydrogen (secondary N) is 1. The maximum absolute atomic E-state index is 12.8. The quantitative estimate of drug-likeness (QED) is 0.902. The molecule has 0 spiro atoms. The summed E-state index contributed by atoms with van der Waals surface area (Å²) < 4.78 is 0. The van der Waals surface area contributed by atoms with Gasteiger partial charge in [0.05, 0.1) is 0 Å². The van der Waals surface area contributed by atoms with E-state index in [0.717, 1.165) is 51.9 Å². The summed E-state index contributed by atoms with van der Waals surface area (Å²) in [6.07, 6.45) is 7.02. The zero-order valence-electron chi connectivity index (χ0n) is 15.8. The second-order valence-electron chi connectivity index (χ2n) is 8.04. The Morgan fingerprint density at radius 2 is 1.65 bits per heavy atom. The molecule has 26 heavy (non-hydrogen) atoms. The fourth-order valence-electron chi connectivity index (χ4n) is 4.73. The second-order valence-corrected chi connectivity index (χ2v) is 8.04. The summed E-state index contributed by atoms with van der Waals surface area (Å²) in [5, 5.41) is 3.33. The van der Waals surface area contributed by atoms with Crippen molar-refractivity contribution in [2.24, 2.45) is 0 Å². The summed E-state index contributed by atoms with van der Waals surface area (Å²) in [6, 6.07) is 11.5. The van der Waals surface area contributed by atoms with E-state index in [1.165, 1.54) is 31.6 Å². The Labute approximate surface area is 157 Å². The number of anilines is 1. The van der Waals surface area contributed by atoms with Gasteiger partial charge in [-0.05, 0) is 63.7 Å². The maximum Gasteiger partial charge on any atom is 0.317 e. The minimum Gasteiger partial charge on any atom is -0.371 e. The van der Waals surface area contributed by atoms with Crippen molar-refractivity contribution in [2.45, 2.75) is 50.6 Å². The number of nitrogens with zero attached hydrogens (tertiary/aromatic N) is 3. The van der Waals surface area contributed by atoms with Crippen molar-refractivity contribution in [3.8, 4) is 0 Å². The molecular formula is C21H32N4O. The van der Waals surface area contributed by atoms with Crippen molar-refractivity contribution >= 4 is 11.7 Å². The van der Waals surface area contributed by atoms with E-state index in [2.05, 4.69) is 50.3 Å². The van der Waals surface area contributed by atoms with Crippen LogP contribution in [0.5, 0.6) is 0 Å². The molecule has 1 atom stereocenters. The minimum absolute atomic E-state index is 0.171. The predicted octanol–water partition coefficient (Wildman–Crippen LogP) is 2.93. The highest BCUT2D eigenvalue weighted by atomic mass is 16.2. The van der Waals surface area contributed by atoms with Gasteiger partial charge in [0.15, 0.2) is 0 Å². The van der Waals surface area contributed by atoms with Crippen molar-refractivity contribution < 1.29 is 4.79 Å². The van der Waals surface area contributed by atoms with Crippen molar-refractivity contribution in [3.05, 3.63) is 30.3 Å². The topological polar surface area (TPSA) is 38.8 Å². The number of rotatable bonds is 4. The van der Waals surface area contributed by atoms with Gasteiger partial charge in [-0.2, -0.15) is 0 Å². The molecule has 0 aromatic heterocycles. The lowest BCUT2D eigenvalue weighted by Crippen LogP contribution is -2.52. The fraction of sp³-hybridized carbons (Fsp3) is 0.667. The van der Waals surface area contributed by atoms with E-state index in [-0.39, 0.29) is 6.03 Å². The SMILES string of the molecule is O=C(NC1CCN(c2ccccc2)CC1)N1CCCC1CN1CCCC1. The smallest absolute Gasteiger partial charge is 0.317 e. The van der Waals surface area contributed by atoms with Gasteiger partial charge in [0, 0.05) is 44.0 Å². The zero-order valence-corrected chi connectivity index (χ0v) is 15.8. The standard InChI is InChI=1S/C21H32N4O/c26-21(25-14-6-9-20(25)17-23-12-4-5-13-23)22-18-10-15-24(16-11-18)19-7-2-1-3-8-19/h1-3,7-8,18,20H,4-6,9-17H2,(H,22,26). The Hall–Kier alpha value is -1.75. The van der Waals surface area contributed by atoms with E-state index in [1.807, 2.05) is 0 Å². The van der Waals surface area contributed by atoms with Crippen LogP contribution in [0.2, 0.25) is 0 Å². The Kier molecular flexibility index (Phi) is 5.63. The van der Waals surface area contributed by atoms with Crippen molar-refractivity contribution in [2.75, 3.05) is 44.2 Å². The molecule has 0 bridgehead atoms. The lowest BCUT2D eigenvalue weighted by molar-refractivity contribution is 0.170. The molecule has 3 fully saturated rings. The average Bonchev–Trinajstić information content (AvgIpc) is 3.35. The van der Waals surface area contributed by atoms with Gasteiger partial charge in [-0.3, -0.25) is 0 Å². The number of benzene rings is 1. The average molecular weight is 357 g/mol. The fourth-order valence-corrected chi connectivity index (χ4v) is 4.73. The number of urea groups is 1. The second kappa shape index (κ2) is 8.30. The number of para-hydroxylation sites is 1. The van der Waals surface area contributed by atoms with Gasteiger partial charge in [-0.25, -0.2) is 4.79 Å². The van der Waals surface area contributed by atoms with Crippen LogP contribution in [0.25, 0.3) is 0 Å². The number of amides is 2. The molecule has 3 aliphatic heterocycles. The molecule has 0 aliphatic carbocycles. The molecule has 1 unspecified atom stereocenters. The molecule has 2 amide bonds. The first kappa shape index (κ1) is 17.7. The van der Waals surface area contributed by atoms with Gasteiger partial charge >= 0.3 is 6.03 Å². The molecule has 1 aromatic carbocycles. The van der Waals surface area contributed by atoms with Crippen LogP contribution in [0.1, 0.15) is 38.5 Å². The van der Waals surface area contributed by atoms with Crippen LogP contribution in [-0.2, 0) is 0 Å². The summed E-state index contributed by atoms with van der Waals surface area (Å²) in [5.74, 6) is 0. The zero-order chi connectivity index (χ0) is 17.8. The van der Waals surface area contributed by atoms with Crippen LogP contribution in [0, 0.1) is 0 Å². The largest absolute Gasteiger partial charge is 0.371 e. The maximum atomic E-state index is 12.8. The normalized spacial score (nSPS) is 25.0. The van der Waals surface area contributed by atoms with E-state index in [4.69, 9.17) is 0 Å². The molecule has 1 aromatic rings. The van der Waals surface area contributed by atoms with Gasteiger partial charge in [0.25, 0.3) is 0 Å². The number of carbonyl (C=O) groups is 1. The molecule has 1 N–H and O–H groups in total. The minimum atomic E-state index is 0.171. The van der Waals surface area contributed by atoms with E-state index >= 15 is 0 Å². The molecule has 142 valence electrons. The van der Waals surface area contributed by atoms with Gasteiger partial charge in [0.2, 0.25) is 0 Å². The summed E-state index contributed by atoms with van der Waals surface area (Å²) in [5.41, 5.74) is 1.29.